The van der Waals surface area contributed by atoms with Crippen LogP contribution < -0.4 is 0 Å². The molecule has 3 nitrogen and oxygen atoms in total. The second-order valence-electron chi connectivity index (χ2n) is 3.41. The molecule has 0 aliphatic rings. The molecule has 0 amide bonds. The molecule has 0 radical (unpaired) electrons. The quantitative estimate of drug-likeness (QED) is 0.468. The fourth-order valence-corrected chi connectivity index (χ4v) is 1.34. The van der Waals surface area contributed by atoms with E-state index in [9.17, 15) is 9.59 Å². The molecule has 82 valence electrons. The predicted molar refractivity (Wildman–Crippen MR) is 54.9 cm³/mol. The Morgan fingerprint density at radius 2 is 1.71 bits per heavy atom. The number of ether oxygens (including phenoxy) is 1. The summed E-state index contributed by atoms with van der Waals surface area (Å²) in [6.07, 6.45) is 2.42. The lowest BCUT2D eigenvalue weighted by Gasteiger charge is -2.10. The molecule has 14 heavy (non-hydrogen) atoms. The molecule has 0 unspecified atom stereocenters. The minimum atomic E-state index is -0.400. The van der Waals surface area contributed by atoms with Crippen LogP contribution in [0.25, 0.3) is 0 Å². The first-order chi connectivity index (χ1) is 6.63. The largest absolute Gasteiger partial charge is 0.466 e. The Labute approximate surface area is 85.8 Å². The number of carbonyl (C=O) groups is 2. The van der Waals surface area contributed by atoms with Gasteiger partial charge in [0, 0.05) is 6.42 Å². The molecule has 0 fully saturated rings. The lowest BCUT2D eigenvalue weighted by Crippen LogP contribution is -2.14. The molecule has 0 spiro atoms. The van der Waals surface area contributed by atoms with Gasteiger partial charge >= 0.3 is 5.97 Å². The van der Waals surface area contributed by atoms with Crippen molar-refractivity contribution < 1.29 is 14.3 Å². The van der Waals surface area contributed by atoms with Crippen LogP contribution in [0.5, 0.6) is 0 Å². The van der Waals surface area contributed by atoms with E-state index in [1.165, 1.54) is 0 Å². The second-order valence-corrected chi connectivity index (χ2v) is 3.41. The zero-order chi connectivity index (χ0) is 11.0. The van der Waals surface area contributed by atoms with Crippen molar-refractivity contribution in [2.24, 2.45) is 5.92 Å². The first-order valence-corrected chi connectivity index (χ1v) is 5.31. The summed E-state index contributed by atoms with van der Waals surface area (Å²) in [6, 6.07) is 0. The molecule has 0 aromatic carbocycles. The molecule has 0 rings (SSSR count). The molecule has 0 bridgehead atoms. The summed E-state index contributed by atoms with van der Waals surface area (Å²) < 4.78 is 4.70. The van der Waals surface area contributed by atoms with Crippen molar-refractivity contribution in [1.29, 1.82) is 0 Å². The minimum Gasteiger partial charge on any atom is -0.466 e. The van der Waals surface area contributed by atoms with Gasteiger partial charge in [-0.05, 0) is 12.8 Å². The Kier molecular flexibility index (Phi) is 7.07. The van der Waals surface area contributed by atoms with E-state index in [1.807, 2.05) is 0 Å². The third kappa shape index (κ3) is 5.73. The van der Waals surface area contributed by atoms with Crippen LogP contribution in [0.2, 0.25) is 0 Å². The molecular formula is C11H20O3. The van der Waals surface area contributed by atoms with E-state index < -0.39 is 5.97 Å². The standard InChI is InChI=1S/C11H20O3/c1-4-9(5-2)7-10(12)8-11(13)14-6-3/h9H,4-8H2,1-3H3. The lowest BCUT2D eigenvalue weighted by atomic mass is 9.96. The van der Waals surface area contributed by atoms with E-state index in [-0.39, 0.29) is 12.2 Å². The van der Waals surface area contributed by atoms with E-state index in [1.54, 1.807) is 6.92 Å². The number of ketones is 1. The van der Waals surface area contributed by atoms with Crippen LogP contribution in [0, 0.1) is 5.92 Å². The van der Waals surface area contributed by atoms with Gasteiger partial charge in [-0.3, -0.25) is 9.59 Å². The van der Waals surface area contributed by atoms with E-state index in [2.05, 4.69) is 13.8 Å². The first kappa shape index (κ1) is 13.1. The highest BCUT2D eigenvalue weighted by molar-refractivity contribution is 5.95. The highest BCUT2D eigenvalue weighted by atomic mass is 16.5. The first-order valence-electron chi connectivity index (χ1n) is 5.31. The van der Waals surface area contributed by atoms with Gasteiger partial charge in [0.15, 0.2) is 0 Å². The molecule has 0 atom stereocenters. The van der Waals surface area contributed by atoms with Crippen molar-refractivity contribution in [2.45, 2.75) is 46.5 Å². The van der Waals surface area contributed by atoms with Crippen LogP contribution in [0.4, 0.5) is 0 Å². The number of rotatable bonds is 7. The van der Waals surface area contributed by atoms with Crippen molar-refractivity contribution in [3.8, 4) is 0 Å². The van der Waals surface area contributed by atoms with Crippen LogP contribution in [-0.2, 0) is 14.3 Å². The average molecular weight is 200 g/mol. The zero-order valence-corrected chi connectivity index (χ0v) is 9.34. The van der Waals surface area contributed by atoms with Gasteiger partial charge in [-0.1, -0.05) is 26.7 Å². The highest BCUT2D eigenvalue weighted by Gasteiger charge is 2.14. The predicted octanol–water partition coefficient (Wildman–Crippen LogP) is 2.33. The van der Waals surface area contributed by atoms with Gasteiger partial charge in [0.2, 0.25) is 0 Å². The van der Waals surface area contributed by atoms with Crippen LogP contribution >= 0.6 is 0 Å². The maximum atomic E-state index is 11.4. The van der Waals surface area contributed by atoms with Crippen molar-refractivity contribution in [3.05, 3.63) is 0 Å². The molecule has 0 heterocycles. The van der Waals surface area contributed by atoms with Crippen LogP contribution in [-0.4, -0.2) is 18.4 Å². The monoisotopic (exact) mass is 200 g/mol. The Hall–Kier alpha value is -0.860. The van der Waals surface area contributed by atoms with Gasteiger partial charge in [-0.2, -0.15) is 0 Å². The van der Waals surface area contributed by atoms with Crippen molar-refractivity contribution in [2.75, 3.05) is 6.61 Å². The Bertz CT molecular complexity index is 183. The number of hydrogen-bond acceptors (Lipinski definition) is 3. The topological polar surface area (TPSA) is 43.4 Å². The molecule has 0 aliphatic carbocycles. The fraction of sp³-hybridized carbons (Fsp3) is 0.818. The van der Waals surface area contributed by atoms with Gasteiger partial charge in [0.1, 0.15) is 12.2 Å². The molecule has 0 saturated carbocycles. The summed E-state index contributed by atoms with van der Waals surface area (Å²) in [4.78, 5) is 22.3. The van der Waals surface area contributed by atoms with Crippen LogP contribution in [0.15, 0.2) is 0 Å². The summed E-state index contributed by atoms with van der Waals surface area (Å²) in [5.74, 6) is 0.0116. The smallest absolute Gasteiger partial charge is 0.313 e. The Morgan fingerprint density at radius 1 is 1.14 bits per heavy atom. The second kappa shape index (κ2) is 7.54. The summed E-state index contributed by atoms with van der Waals surface area (Å²) in [5.41, 5.74) is 0. The van der Waals surface area contributed by atoms with Crippen molar-refractivity contribution in [3.63, 3.8) is 0 Å². The molecule has 0 aromatic rings. The summed E-state index contributed by atoms with van der Waals surface area (Å²) in [5, 5.41) is 0. The normalized spacial score (nSPS) is 10.3. The van der Waals surface area contributed by atoms with Gasteiger partial charge < -0.3 is 4.74 Å². The maximum absolute atomic E-state index is 11.4. The third-order valence-corrected chi connectivity index (χ3v) is 2.32. The zero-order valence-electron chi connectivity index (χ0n) is 9.34. The average Bonchev–Trinajstić information content (AvgIpc) is 2.14. The third-order valence-electron chi connectivity index (χ3n) is 2.32. The molecular weight excluding hydrogens is 180 g/mol. The van der Waals surface area contributed by atoms with Crippen LogP contribution in [0.1, 0.15) is 46.5 Å². The van der Waals surface area contributed by atoms with Crippen molar-refractivity contribution in [1.82, 2.24) is 0 Å². The number of Topliss-reactive ketones (excluding diaryl/α,β-unsaturated/α-hetero) is 1. The van der Waals surface area contributed by atoms with E-state index in [0.717, 1.165) is 12.8 Å². The molecule has 0 aromatic heterocycles. The molecule has 0 aliphatic heterocycles. The van der Waals surface area contributed by atoms with Gasteiger partial charge in [0.25, 0.3) is 0 Å². The summed E-state index contributed by atoms with van der Waals surface area (Å²) in [6.45, 7) is 6.21. The van der Waals surface area contributed by atoms with Gasteiger partial charge in [0.05, 0.1) is 6.61 Å². The minimum absolute atomic E-state index is 0.00264. The number of hydrogen-bond donors (Lipinski definition) is 0. The van der Waals surface area contributed by atoms with Gasteiger partial charge in [-0.25, -0.2) is 0 Å². The van der Waals surface area contributed by atoms with E-state index in [4.69, 9.17) is 4.74 Å². The Balaban J connectivity index is 3.79. The summed E-state index contributed by atoms with van der Waals surface area (Å²) in [7, 11) is 0. The molecule has 0 saturated heterocycles. The van der Waals surface area contributed by atoms with Crippen LogP contribution in [0.3, 0.4) is 0 Å². The number of esters is 1. The summed E-state index contributed by atoms with van der Waals surface area (Å²) >= 11 is 0. The maximum Gasteiger partial charge on any atom is 0.313 e. The molecule has 3 heteroatoms. The van der Waals surface area contributed by atoms with Gasteiger partial charge in [-0.15, -0.1) is 0 Å². The number of carbonyl (C=O) groups excluding carboxylic acids is 2. The van der Waals surface area contributed by atoms with Crippen molar-refractivity contribution >= 4 is 11.8 Å². The molecule has 0 N–H and O–H groups in total. The fourth-order valence-electron chi connectivity index (χ4n) is 1.34. The van der Waals surface area contributed by atoms with E-state index in [0.29, 0.717) is 18.9 Å². The van der Waals surface area contributed by atoms with E-state index >= 15 is 0 Å². The lowest BCUT2D eigenvalue weighted by molar-refractivity contribution is -0.145. The SMILES string of the molecule is CCOC(=O)CC(=O)CC(CC)CC. The highest BCUT2D eigenvalue weighted by Crippen LogP contribution is 2.13. The Morgan fingerprint density at radius 3 is 2.14 bits per heavy atom.